The summed E-state index contributed by atoms with van der Waals surface area (Å²) >= 11 is 6.14. The first-order valence-electron chi connectivity index (χ1n) is 15.9. The van der Waals surface area contributed by atoms with Crippen molar-refractivity contribution >= 4 is 17.3 Å². The molecule has 0 bridgehead atoms. The minimum atomic E-state index is -0.189. The third-order valence-corrected chi connectivity index (χ3v) is 12.1. The highest BCUT2D eigenvalue weighted by Gasteiger charge is 2.59. The third-order valence-electron chi connectivity index (χ3n) is 11.9. The van der Waals surface area contributed by atoms with E-state index in [0.29, 0.717) is 33.4 Å². The summed E-state index contributed by atoms with van der Waals surface area (Å²) in [6.07, 6.45) is 18.2. The Labute approximate surface area is 246 Å². The first kappa shape index (κ1) is 28.5. The van der Waals surface area contributed by atoms with Crippen LogP contribution in [-0.2, 0) is 9.47 Å². The Bertz CT molecular complexity index is 1180. The van der Waals surface area contributed by atoms with Gasteiger partial charge >= 0.3 is 0 Å². The zero-order valence-corrected chi connectivity index (χ0v) is 25.8. The Kier molecular flexibility index (Phi) is 8.00. The maximum absolute atomic E-state index is 6.55. The minimum Gasteiger partial charge on any atom is -0.357 e. The maximum Gasteiger partial charge on any atom is 0.177 e. The molecular formula is C35H48ClNO3. The highest BCUT2D eigenvalue weighted by molar-refractivity contribution is 6.30. The van der Waals surface area contributed by atoms with Crippen molar-refractivity contribution in [1.82, 2.24) is 0 Å². The molecule has 5 aliphatic rings. The second-order valence-electron chi connectivity index (χ2n) is 13.9. The lowest BCUT2D eigenvalue weighted by molar-refractivity contribution is -0.188. The Balaban J connectivity index is 1.13. The fourth-order valence-corrected chi connectivity index (χ4v) is 9.79. The molecule has 1 aromatic carbocycles. The lowest BCUT2D eigenvalue weighted by Gasteiger charge is -2.58. The molecular weight excluding hydrogens is 518 g/mol. The number of hydrogen-bond donors (Lipinski definition) is 0. The van der Waals surface area contributed by atoms with Gasteiger partial charge in [0, 0.05) is 22.9 Å². The van der Waals surface area contributed by atoms with E-state index in [2.05, 4.69) is 58.0 Å². The summed E-state index contributed by atoms with van der Waals surface area (Å²) in [5.74, 6) is 3.96. The number of rotatable bonds is 6. The van der Waals surface area contributed by atoms with Gasteiger partial charge in [-0.3, -0.25) is 0 Å². The highest BCUT2D eigenvalue weighted by atomic mass is 35.5. The molecule has 3 saturated carbocycles. The second-order valence-corrected chi connectivity index (χ2v) is 14.3. The maximum atomic E-state index is 6.55. The summed E-state index contributed by atoms with van der Waals surface area (Å²) in [6.45, 7) is 11.7. The van der Waals surface area contributed by atoms with E-state index in [1.165, 1.54) is 38.5 Å². The second kappa shape index (κ2) is 11.2. The quantitative estimate of drug-likeness (QED) is 0.196. The number of nitrogens with zero attached hydrogens (tertiary/aromatic N) is 1. The van der Waals surface area contributed by atoms with Crippen molar-refractivity contribution in [1.29, 1.82) is 0 Å². The van der Waals surface area contributed by atoms with Crippen LogP contribution >= 0.6 is 11.6 Å². The average Bonchev–Trinajstić information content (AvgIpc) is 3.30. The molecule has 5 unspecified atom stereocenters. The van der Waals surface area contributed by atoms with Crippen molar-refractivity contribution in [3.63, 3.8) is 0 Å². The van der Waals surface area contributed by atoms with Gasteiger partial charge in [0.1, 0.15) is 0 Å². The average molecular weight is 566 g/mol. The largest absolute Gasteiger partial charge is 0.357 e. The van der Waals surface area contributed by atoms with E-state index in [1.807, 2.05) is 24.3 Å². The molecule has 0 aromatic heterocycles. The summed E-state index contributed by atoms with van der Waals surface area (Å²) in [5.41, 5.74) is 3.41. The normalized spacial score (nSPS) is 43.0. The number of oxime groups is 1. The van der Waals surface area contributed by atoms with E-state index in [0.717, 1.165) is 42.7 Å². The van der Waals surface area contributed by atoms with Crippen LogP contribution in [0.3, 0.4) is 0 Å². The van der Waals surface area contributed by atoms with Crippen molar-refractivity contribution in [3.8, 4) is 5.75 Å². The van der Waals surface area contributed by atoms with Gasteiger partial charge in [0.15, 0.2) is 12.0 Å². The van der Waals surface area contributed by atoms with Crippen LogP contribution in [0.1, 0.15) is 92.4 Å². The molecule has 218 valence electrons. The molecule has 1 aliphatic heterocycles. The van der Waals surface area contributed by atoms with Crippen LogP contribution in [0.15, 0.2) is 53.2 Å². The molecule has 3 fully saturated rings. The third kappa shape index (κ3) is 5.11. The van der Waals surface area contributed by atoms with E-state index in [4.69, 9.17) is 25.9 Å². The van der Waals surface area contributed by atoms with E-state index in [1.54, 1.807) is 5.57 Å². The van der Waals surface area contributed by atoms with Crippen LogP contribution in [0.4, 0.5) is 0 Å². The van der Waals surface area contributed by atoms with Gasteiger partial charge in [-0.2, -0.15) is 0 Å². The lowest BCUT2D eigenvalue weighted by Crippen LogP contribution is -2.51. The summed E-state index contributed by atoms with van der Waals surface area (Å²) in [7, 11) is 0. The number of halogens is 1. The van der Waals surface area contributed by atoms with Gasteiger partial charge in [0.2, 0.25) is 0 Å². The number of ether oxygens (including phenoxy) is 2. The topological polar surface area (TPSA) is 40.0 Å². The van der Waals surface area contributed by atoms with Crippen molar-refractivity contribution in [2.75, 3.05) is 0 Å². The Morgan fingerprint density at radius 2 is 1.95 bits per heavy atom. The van der Waals surface area contributed by atoms with Crippen LogP contribution in [0.2, 0.25) is 5.02 Å². The van der Waals surface area contributed by atoms with Gasteiger partial charge in [-0.25, -0.2) is 0 Å². The van der Waals surface area contributed by atoms with Crippen LogP contribution in [0, 0.1) is 40.4 Å². The van der Waals surface area contributed by atoms with E-state index in [9.17, 15) is 0 Å². The van der Waals surface area contributed by atoms with Crippen molar-refractivity contribution in [2.24, 2.45) is 45.6 Å². The van der Waals surface area contributed by atoms with Crippen molar-refractivity contribution < 1.29 is 14.3 Å². The van der Waals surface area contributed by atoms with Gasteiger partial charge < -0.3 is 14.3 Å². The minimum absolute atomic E-state index is 0.189. The van der Waals surface area contributed by atoms with Gasteiger partial charge in [-0.1, -0.05) is 68.2 Å². The predicted octanol–water partition coefficient (Wildman–Crippen LogP) is 9.39. The summed E-state index contributed by atoms with van der Waals surface area (Å²) < 4.78 is 12.8. The summed E-state index contributed by atoms with van der Waals surface area (Å²) in [5, 5.41) is 5.30. The zero-order valence-electron chi connectivity index (χ0n) is 25.1. The molecule has 0 N–H and O–H groups in total. The molecule has 6 rings (SSSR count). The van der Waals surface area contributed by atoms with E-state index in [-0.39, 0.29) is 18.5 Å². The van der Waals surface area contributed by atoms with Crippen LogP contribution in [-0.4, -0.2) is 24.2 Å². The fourth-order valence-electron chi connectivity index (χ4n) is 9.61. The van der Waals surface area contributed by atoms with Crippen LogP contribution < -0.4 is 4.84 Å². The fraction of sp³-hybridized carbons (Fsp3) is 0.686. The monoisotopic (exact) mass is 565 g/mol. The van der Waals surface area contributed by atoms with E-state index >= 15 is 0 Å². The van der Waals surface area contributed by atoms with Gasteiger partial charge in [0.25, 0.3) is 0 Å². The van der Waals surface area contributed by atoms with Crippen LogP contribution in [0.5, 0.6) is 5.75 Å². The summed E-state index contributed by atoms with van der Waals surface area (Å²) in [6, 6.07) is 7.52. The number of fused-ring (bicyclic) bond motifs is 5. The first-order valence-corrected chi connectivity index (χ1v) is 16.2. The highest BCUT2D eigenvalue weighted by Crippen LogP contribution is 2.66. The molecule has 0 spiro atoms. The smallest absolute Gasteiger partial charge is 0.177 e. The van der Waals surface area contributed by atoms with E-state index < -0.39 is 0 Å². The number of hydrogen-bond acceptors (Lipinski definition) is 4. The predicted molar refractivity (Wildman–Crippen MR) is 163 cm³/mol. The molecule has 1 aromatic rings. The van der Waals surface area contributed by atoms with Crippen molar-refractivity contribution in [2.45, 2.75) is 111 Å². The molecule has 1 heterocycles. The molecule has 0 saturated heterocycles. The molecule has 0 radical (unpaired) electrons. The molecule has 0 amide bonds. The summed E-state index contributed by atoms with van der Waals surface area (Å²) in [4.78, 5) is 5.83. The van der Waals surface area contributed by atoms with Crippen molar-refractivity contribution in [3.05, 3.63) is 53.1 Å². The SMILES string of the molecule is CC[C@H]1OC(OC2CC[C@@]3(C)C(=CCC4C3CC[C@@]3(C)C4CC[C@@H]3/C(C)=N/Oc3cccc(Cl)c3)C2)C=C[C@@H]1C. The number of allylic oxidation sites excluding steroid dienone is 1. The first-order chi connectivity index (χ1) is 19.2. The lowest BCUT2D eigenvalue weighted by atomic mass is 9.47. The standard InChI is InChI=1S/C35H48ClNO3/c1-6-32-22(2)10-15-33(39-32)38-26-16-18-34(4)24(20-26)11-12-28-30-14-13-29(35(30,5)19-17-31(28)34)23(3)37-40-27-9-7-8-25(36)21-27/h7-11,15,21-22,26,28-33H,6,12-14,16-20H2,1-5H3/b37-23+/t22-,26?,28?,29+,30?,31?,32+,33?,34-,35+/m0/s1. The van der Waals surface area contributed by atoms with Gasteiger partial charge in [-0.05, 0) is 112 Å². The van der Waals surface area contributed by atoms with Gasteiger partial charge in [0.05, 0.1) is 17.9 Å². The van der Waals surface area contributed by atoms with Crippen LogP contribution in [0.25, 0.3) is 0 Å². The molecule has 40 heavy (non-hydrogen) atoms. The Hall–Kier alpha value is -1.62. The number of benzene rings is 1. The Morgan fingerprint density at radius 1 is 1.10 bits per heavy atom. The molecule has 4 nitrogen and oxygen atoms in total. The molecule has 5 heteroatoms. The molecule has 4 aliphatic carbocycles. The van der Waals surface area contributed by atoms with Gasteiger partial charge in [-0.15, -0.1) is 0 Å². The zero-order chi connectivity index (χ0) is 28.1. The molecule has 10 atom stereocenters. The Morgan fingerprint density at radius 3 is 2.75 bits per heavy atom.